The van der Waals surface area contributed by atoms with Gasteiger partial charge in [0, 0.05) is 6.07 Å². The Morgan fingerprint density at radius 2 is 1.67 bits per heavy atom. The topological polar surface area (TPSA) is 35.8 Å². The van der Waals surface area contributed by atoms with E-state index in [0.29, 0.717) is 0 Å². The van der Waals surface area contributed by atoms with Crippen molar-refractivity contribution in [2.45, 2.75) is 0 Å². The van der Waals surface area contributed by atoms with Gasteiger partial charge in [-0.2, -0.15) is 5.26 Å². The molecule has 5 heteroatoms. The van der Waals surface area contributed by atoms with Crippen molar-refractivity contribution < 1.29 is 13.2 Å². The maximum atomic E-state index is 13.5. The molecule has 2 aromatic rings. The molecule has 0 heterocycles. The zero-order valence-corrected chi connectivity index (χ0v) is 9.05. The average molecular weight is 248 g/mol. The Balaban J connectivity index is 2.34. The quantitative estimate of drug-likeness (QED) is 0.879. The van der Waals surface area contributed by atoms with Gasteiger partial charge in [-0.15, -0.1) is 0 Å². The summed E-state index contributed by atoms with van der Waals surface area (Å²) in [5, 5.41) is 11.0. The highest BCUT2D eigenvalue weighted by atomic mass is 19.1. The van der Waals surface area contributed by atoms with Crippen LogP contribution in [0, 0.1) is 28.8 Å². The molecular formula is C13H7F3N2. The second-order valence-electron chi connectivity index (χ2n) is 3.56. The molecule has 0 fully saturated rings. The van der Waals surface area contributed by atoms with Crippen LogP contribution >= 0.6 is 0 Å². The highest BCUT2D eigenvalue weighted by Crippen LogP contribution is 2.23. The second kappa shape index (κ2) is 4.80. The largest absolute Gasteiger partial charge is 0.351 e. The van der Waals surface area contributed by atoms with E-state index in [2.05, 4.69) is 5.32 Å². The zero-order chi connectivity index (χ0) is 13.1. The van der Waals surface area contributed by atoms with E-state index in [1.807, 2.05) is 0 Å². The molecule has 0 spiro atoms. The summed E-state index contributed by atoms with van der Waals surface area (Å²) < 4.78 is 39.8. The van der Waals surface area contributed by atoms with Crippen LogP contribution in [0.25, 0.3) is 0 Å². The first-order valence-electron chi connectivity index (χ1n) is 5.02. The summed E-state index contributed by atoms with van der Waals surface area (Å²) in [5.41, 5.74) is -0.0464. The van der Waals surface area contributed by atoms with Crippen molar-refractivity contribution in [2.75, 3.05) is 5.32 Å². The highest BCUT2D eigenvalue weighted by Gasteiger charge is 2.08. The third-order valence-corrected chi connectivity index (χ3v) is 2.30. The molecule has 2 rings (SSSR count). The van der Waals surface area contributed by atoms with E-state index in [1.54, 1.807) is 6.07 Å². The Morgan fingerprint density at radius 1 is 0.889 bits per heavy atom. The lowest BCUT2D eigenvalue weighted by Crippen LogP contribution is -1.97. The molecule has 0 aliphatic carbocycles. The van der Waals surface area contributed by atoms with Crippen molar-refractivity contribution in [3.63, 3.8) is 0 Å². The highest BCUT2D eigenvalue weighted by molar-refractivity contribution is 5.61. The van der Waals surface area contributed by atoms with E-state index >= 15 is 0 Å². The first-order chi connectivity index (χ1) is 8.60. The van der Waals surface area contributed by atoms with E-state index in [4.69, 9.17) is 5.26 Å². The predicted octanol–water partition coefficient (Wildman–Crippen LogP) is 3.72. The number of nitriles is 1. The molecule has 18 heavy (non-hydrogen) atoms. The molecule has 0 unspecified atom stereocenters. The number of benzene rings is 2. The normalized spacial score (nSPS) is 9.89. The molecule has 0 bridgehead atoms. The maximum Gasteiger partial charge on any atom is 0.147 e. The number of hydrogen-bond acceptors (Lipinski definition) is 2. The first kappa shape index (κ1) is 12.0. The van der Waals surface area contributed by atoms with E-state index in [9.17, 15) is 13.2 Å². The summed E-state index contributed by atoms with van der Waals surface area (Å²) >= 11 is 0. The lowest BCUT2D eigenvalue weighted by atomic mass is 10.2. The van der Waals surface area contributed by atoms with Crippen LogP contribution in [0.4, 0.5) is 24.5 Å². The SMILES string of the molecule is N#Cc1ccc(Nc2cc(F)ccc2F)c(F)c1. The maximum absolute atomic E-state index is 13.5. The first-order valence-corrected chi connectivity index (χ1v) is 5.02. The minimum Gasteiger partial charge on any atom is -0.351 e. The smallest absolute Gasteiger partial charge is 0.147 e. The van der Waals surface area contributed by atoms with Crippen LogP contribution < -0.4 is 5.32 Å². The summed E-state index contributed by atoms with van der Waals surface area (Å²) in [6, 6.07) is 8.29. The fraction of sp³-hybridized carbons (Fsp3) is 0. The van der Waals surface area contributed by atoms with Crippen molar-refractivity contribution in [1.82, 2.24) is 0 Å². The van der Waals surface area contributed by atoms with Crippen LogP contribution in [0.3, 0.4) is 0 Å². The molecule has 2 aromatic carbocycles. The predicted molar refractivity (Wildman–Crippen MR) is 60.8 cm³/mol. The fourth-order valence-electron chi connectivity index (χ4n) is 1.42. The molecular weight excluding hydrogens is 241 g/mol. The number of nitrogens with one attached hydrogen (secondary N) is 1. The van der Waals surface area contributed by atoms with Crippen molar-refractivity contribution in [2.24, 2.45) is 0 Å². The summed E-state index contributed by atoms with van der Waals surface area (Å²) in [4.78, 5) is 0. The Labute approximate surface area is 101 Å². The number of hydrogen-bond donors (Lipinski definition) is 1. The third kappa shape index (κ3) is 2.43. The van der Waals surface area contributed by atoms with Gasteiger partial charge < -0.3 is 5.32 Å². The number of rotatable bonds is 2. The number of halogens is 3. The Morgan fingerprint density at radius 3 is 2.33 bits per heavy atom. The van der Waals surface area contributed by atoms with Gasteiger partial charge in [-0.25, -0.2) is 13.2 Å². The van der Waals surface area contributed by atoms with Gasteiger partial charge in [-0.3, -0.25) is 0 Å². The monoisotopic (exact) mass is 248 g/mol. The van der Waals surface area contributed by atoms with Gasteiger partial charge in [0.2, 0.25) is 0 Å². The minimum atomic E-state index is -0.710. The summed E-state index contributed by atoms with van der Waals surface area (Å²) in [5.74, 6) is -2.04. The molecule has 0 atom stereocenters. The lowest BCUT2D eigenvalue weighted by Gasteiger charge is -2.08. The molecule has 0 saturated carbocycles. The van der Waals surface area contributed by atoms with Crippen LogP contribution in [0.5, 0.6) is 0 Å². The molecule has 0 aliphatic rings. The summed E-state index contributed by atoms with van der Waals surface area (Å²) in [7, 11) is 0. The Bertz CT molecular complexity index is 633. The average Bonchev–Trinajstić information content (AvgIpc) is 2.36. The van der Waals surface area contributed by atoms with Gasteiger partial charge in [-0.05, 0) is 30.3 Å². The zero-order valence-electron chi connectivity index (χ0n) is 9.05. The Kier molecular flexibility index (Phi) is 3.20. The van der Waals surface area contributed by atoms with Crippen LogP contribution in [-0.4, -0.2) is 0 Å². The molecule has 0 saturated heterocycles. The van der Waals surface area contributed by atoms with E-state index < -0.39 is 17.5 Å². The molecule has 0 radical (unpaired) electrons. The van der Waals surface area contributed by atoms with Gasteiger partial charge in [0.05, 0.1) is 23.0 Å². The molecule has 0 aliphatic heterocycles. The van der Waals surface area contributed by atoms with E-state index in [-0.39, 0.29) is 16.9 Å². The van der Waals surface area contributed by atoms with Crippen LogP contribution in [-0.2, 0) is 0 Å². The summed E-state index contributed by atoms with van der Waals surface area (Å²) in [6.45, 7) is 0. The van der Waals surface area contributed by atoms with E-state index in [1.165, 1.54) is 12.1 Å². The molecule has 90 valence electrons. The second-order valence-corrected chi connectivity index (χ2v) is 3.56. The molecule has 0 amide bonds. The summed E-state index contributed by atoms with van der Waals surface area (Å²) in [6.07, 6.45) is 0. The fourth-order valence-corrected chi connectivity index (χ4v) is 1.42. The Hall–Kier alpha value is -2.48. The van der Waals surface area contributed by atoms with Crippen molar-refractivity contribution in [3.8, 4) is 6.07 Å². The minimum absolute atomic E-state index is 0.0292. The van der Waals surface area contributed by atoms with Gasteiger partial charge in [0.25, 0.3) is 0 Å². The van der Waals surface area contributed by atoms with Gasteiger partial charge >= 0.3 is 0 Å². The van der Waals surface area contributed by atoms with Gasteiger partial charge in [0.1, 0.15) is 17.5 Å². The van der Waals surface area contributed by atoms with Crippen molar-refractivity contribution in [1.29, 1.82) is 5.26 Å². The standard InChI is InChI=1S/C13H7F3N2/c14-9-2-3-10(15)13(6-9)18-12-4-1-8(7-17)5-11(12)16/h1-6,18H. The lowest BCUT2D eigenvalue weighted by molar-refractivity contribution is 0.602. The van der Waals surface area contributed by atoms with Gasteiger partial charge in [-0.1, -0.05) is 0 Å². The third-order valence-electron chi connectivity index (χ3n) is 2.30. The van der Waals surface area contributed by atoms with Crippen LogP contribution in [0.2, 0.25) is 0 Å². The molecule has 0 aromatic heterocycles. The van der Waals surface area contributed by atoms with Crippen LogP contribution in [0.1, 0.15) is 5.56 Å². The van der Waals surface area contributed by atoms with Crippen molar-refractivity contribution in [3.05, 3.63) is 59.4 Å². The number of nitrogens with zero attached hydrogens (tertiary/aromatic N) is 1. The van der Waals surface area contributed by atoms with Crippen LogP contribution in [0.15, 0.2) is 36.4 Å². The molecule has 2 nitrogen and oxygen atoms in total. The number of anilines is 2. The van der Waals surface area contributed by atoms with Crippen molar-refractivity contribution >= 4 is 11.4 Å². The molecule has 1 N–H and O–H groups in total. The van der Waals surface area contributed by atoms with E-state index in [0.717, 1.165) is 24.3 Å². The van der Waals surface area contributed by atoms with Gasteiger partial charge in [0.15, 0.2) is 0 Å².